The van der Waals surface area contributed by atoms with Crippen molar-refractivity contribution in [2.24, 2.45) is 5.41 Å². The number of rotatable bonds is 5. The Labute approximate surface area is 120 Å². The van der Waals surface area contributed by atoms with E-state index >= 15 is 0 Å². The first kappa shape index (κ1) is 14.1. The lowest BCUT2D eigenvalue weighted by Gasteiger charge is -2.15. The number of nitrogens with one attached hydrogen (secondary N) is 2. The number of thiophene rings is 1. The van der Waals surface area contributed by atoms with Crippen molar-refractivity contribution >= 4 is 34.9 Å². The molecule has 104 valence electrons. The van der Waals surface area contributed by atoms with Crippen molar-refractivity contribution in [2.75, 3.05) is 6.54 Å². The molecule has 0 aliphatic heterocycles. The summed E-state index contributed by atoms with van der Waals surface area (Å²) in [6.45, 7) is 2.03. The molecule has 3 N–H and O–H groups in total. The molecule has 2 amide bonds. The van der Waals surface area contributed by atoms with Crippen LogP contribution in [0.2, 0.25) is 4.34 Å². The van der Waals surface area contributed by atoms with Gasteiger partial charge in [0.1, 0.15) is 0 Å². The number of carbonyl (C=O) groups excluding carboxylic acids is 1. The van der Waals surface area contributed by atoms with E-state index in [2.05, 4.69) is 10.6 Å². The van der Waals surface area contributed by atoms with Gasteiger partial charge in [0.05, 0.1) is 15.8 Å². The van der Waals surface area contributed by atoms with Crippen molar-refractivity contribution < 1.29 is 14.7 Å². The molecule has 1 fully saturated rings. The summed E-state index contributed by atoms with van der Waals surface area (Å²) < 4.78 is 0.673. The van der Waals surface area contributed by atoms with Gasteiger partial charge in [-0.25, -0.2) is 4.79 Å². The summed E-state index contributed by atoms with van der Waals surface area (Å²) >= 11 is 7.24. The average Bonchev–Trinajstić information content (AvgIpc) is 3.02. The van der Waals surface area contributed by atoms with E-state index in [4.69, 9.17) is 16.7 Å². The Kier molecular flexibility index (Phi) is 4.01. The highest BCUT2D eigenvalue weighted by atomic mass is 35.5. The van der Waals surface area contributed by atoms with Crippen LogP contribution in [0, 0.1) is 5.41 Å². The molecule has 1 heterocycles. The predicted molar refractivity (Wildman–Crippen MR) is 73.6 cm³/mol. The average molecular weight is 303 g/mol. The highest BCUT2D eigenvalue weighted by Gasteiger charge is 2.50. The van der Waals surface area contributed by atoms with Crippen molar-refractivity contribution in [1.29, 1.82) is 0 Å². The van der Waals surface area contributed by atoms with Gasteiger partial charge in [-0.1, -0.05) is 11.6 Å². The molecule has 0 bridgehead atoms. The maximum absolute atomic E-state index is 11.7. The van der Waals surface area contributed by atoms with E-state index in [-0.39, 0.29) is 18.6 Å². The summed E-state index contributed by atoms with van der Waals surface area (Å²) in [6.07, 6.45) is 1.25. The summed E-state index contributed by atoms with van der Waals surface area (Å²) in [5.41, 5.74) is -0.743. The number of carboxylic acids is 1. The minimum absolute atomic E-state index is 0.155. The molecule has 1 atom stereocenters. The molecule has 2 rings (SSSR count). The number of carbonyl (C=O) groups is 2. The Morgan fingerprint density at radius 3 is 2.68 bits per heavy atom. The van der Waals surface area contributed by atoms with Crippen LogP contribution in [0.1, 0.15) is 30.7 Å². The molecular formula is C12H15ClN2O3S. The quantitative estimate of drug-likeness (QED) is 0.782. The van der Waals surface area contributed by atoms with Crippen molar-refractivity contribution in [3.05, 3.63) is 21.3 Å². The topological polar surface area (TPSA) is 78.4 Å². The van der Waals surface area contributed by atoms with Crippen molar-refractivity contribution in [3.8, 4) is 0 Å². The van der Waals surface area contributed by atoms with E-state index in [1.165, 1.54) is 11.3 Å². The fourth-order valence-corrected chi connectivity index (χ4v) is 2.81. The molecule has 0 radical (unpaired) electrons. The third kappa shape index (κ3) is 3.39. The molecule has 1 aliphatic carbocycles. The summed E-state index contributed by atoms with van der Waals surface area (Å²) in [6, 6.07) is 3.13. The Morgan fingerprint density at radius 2 is 2.21 bits per heavy atom. The number of hydrogen-bond donors (Lipinski definition) is 3. The van der Waals surface area contributed by atoms with Crippen LogP contribution in [-0.4, -0.2) is 23.7 Å². The second-order valence-corrected chi connectivity index (χ2v) is 6.52. The largest absolute Gasteiger partial charge is 0.481 e. The highest BCUT2D eigenvalue weighted by molar-refractivity contribution is 7.16. The van der Waals surface area contributed by atoms with Gasteiger partial charge in [0, 0.05) is 11.4 Å². The van der Waals surface area contributed by atoms with E-state index < -0.39 is 11.4 Å². The van der Waals surface area contributed by atoms with Crippen LogP contribution in [0.5, 0.6) is 0 Å². The van der Waals surface area contributed by atoms with E-state index in [0.717, 1.165) is 4.88 Å². The predicted octanol–water partition coefficient (Wildman–Crippen LogP) is 2.63. The Morgan fingerprint density at radius 1 is 1.53 bits per heavy atom. The maximum Gasteiger partial charge on any atom is 0.315 e. The van der Waals surface area contributed by atoms with Gasteiger partial charge in [0.25, 0.3) is 0 Å². The van der Waals surface area contributed by atoms with Crippen LogP contribution >= 0.6 is 22.9 Å². The van der Waals surface area contributed by atoms with Crippen LogP contribution in [0.4, 0.5) is 4.79 Å². The lowest BCUT2D eigenvalue weighted by atomic mass is 10.1. The van der Waals surface area contributed by atoms with Crippen molar-refractivity contribution in [3.63, 3.8) is 0 Å². The zero-order valence-corrected chi connectivity index (χ0v) is 12.0. The van der Waals surface area contributed by atoms with Gasteiger partial charge in [-0.15, -0.1) is 11.3 Å². The van der Waals surface area contributed by atoms with Gasteiger partial charge >= 0.3 is 12.0 Å². The minimum atomic E-state index is -0.842. The first-order chi connectivity index (χ1) is 8.93. The number of halogens is 1. The molecule has 0 spiro atoms. The number of amides is 2. The Bertz CT molecular complexity index is 499. The SMILES string of the molecule is CC(NC(=O)NCC1(C(=O)O)CC1)c1ccc(Cl)s1. The van der Waals surface area contributed by atoms with E-state index in [0.29, 0.717) is 17.2 Å². The highest BCUT2D eigenvalue weighted by Crippen LogP contribution is 2.45. The fourth-order valence-electron chi connectivity index (χ4n) is 1.75. The first-order valence-electron chi connectivity index (χ1n) is 5.96. The van der Waals surface area contributed by atoms with Crippen LogP contribution in [0.3, 0.4) is 0 Å². The van der Waals surface area contributed by atoms with Crippen LogP contribution in [0.25, 0.3) is 0 Å². The van der Waals surface area contributed by atoms with Gasteiger partial charge < -0.3 is 15.7 Å². The Hall–Kier alpha value is -1.27. The lowest BCUT2D eigenvalue weighted by molar-refractivity contribution is -0.143. The number of hydrogen-bond acceptors (Lipinski definition) is 3. The van der Waals surface area contributed by atoms with Gasteiger partial charge in [-0.05, 0) is 31.9 Å². The molecule has 1 aliphatic rings. The summed E-state index contributed by atoms with van der Waals surface area (Å²) in [5, 5.41) is 14.4. The molecule has 1 saturated carbocycles. The normalized spacial score (nSPS) is 17.6. The van der Waals surface area contributed by atoms with Gasteiger partial charge in [0.2, 0.25) is 0 Å². The molecule has 7 heteroatoms. The van der Waals surface area contributed by atoms with Gasteiger partial charge in [0.15, 0.2) is 0 Å². The smallest absolute Gasteiger partial charge is 0.315 e. The van der Waals surface area contributed by atoms with Crippen LogP contribution in [0.15, 0.2) is 12.1 Å². The van der Waals surface area contributed by atoms with E-state index in [1.54, 1.807) is 6.07 Å². The molecule has 0 aromatic carbocycles. The zero-order chi connectivity index (χ0) is 14.0. The number of aliphatic carboxylic acids is 1. The second kappa shape index (κ2) is 5.38. The van der Waals surface area contributed by atoms with Gasteiger partial charge in [-0.2, -0.15) is 0 Å². The third-order valence-corrected chi connectivity index (χ3v) is 4.68. The molecule has 1 unspecified atom stereocenters. The Balaban J connectivity index is 1.80. The lowest BCUT2D eigenvalue weighted by Crippen LogP contribution is -2.41. The molecule has 1 aromatic heterocycles. The van der Waals surface area contributed by atoms with Crippen molar-refractivity contribution in [1.82, 2.24) is 10.6 Å². The number of carboxylic acid groups (broad SMARTS) is 1. The maximum atomic E-state index is 11.7. The molecule has 0 saturated heterocycles. The van der Waals surface area contributed by atoms with Crippen LogP contribution in [-0.2, 0) is 4.79 Å². The molecule has 5 nitrogen and oxygen atoms in total. The van der Waals surface area contributed by atoms with Crippen LogP contribution < -0.4 is 10.6 Å². The second-order valence-electron chi connectivity index (χ2n) is 4.78. The standard InChI is InChI=1S/C12H15ClN2O3S/c1-7(8-2-3-9(13)19-8)15-11(18)14-6-12(4-5-12)10(16)17/h2-3,7H,4-6H2,1H3,(H,16,17)(H2,14,15,18). The fraction of sp³-hybridized carbons (Fsp3) is 0.500. The summed E-state index contributed by atoms with van der Waals surface area (Å²) in [4.78, 5) is 23.6. The third-order valence-electron chi connectivity index (χ3n) is 3.26. The van der Waals surface area contributed by atoms with Gasteiger partial charge in [-0.3, -0.25) is 4.79 Å². The van der Waals surface area contributed by atoms with Crippen molar-refractivity contribution in [2.45, 2.75) is 25.8 Å². The first-order valence-corrected chi connectivity index (χ1v) is 7.15. The monoisotopic (exact) mass is 302 g/mol. The van der Waals surface area contributed by atoms with E-state index in [9.17, 15) is 9.59 Å². The summed E-state index contributed by atoms with van der Waals surface area (Å²) in [5.74, 6) is -0.842. The molecular weight excluding hydrogens is 288 g/mol. The minimum Gasteiger partial charge on any atom is -0.481 e. The zero-order valence-electron chi connectivity index (χ0n) is 10.4. The molecule has 1 aromatic rings. The summed E-state index contributed by atoms with van der Waals surface area (Å²) in [7, 11) is 0. The van der Waals surface area contributed by atoms with E-state index in [1.807, 2.05) is 13.0 Å². The molecule has 19 heavy (non-hydrogen) atoms. The number of urea groups is 1.